The van der Waals surface area contributed by atoms with E-state index in [1.807, 2.05) is 44.2 Å². The van der Waals surface area contributed by atoms with Crippen molar-refractivity contribution in [3.05, 3.63) is 53.7 Å². The summed E-state index contributed by atoms with van der Waals surface area (Å²) in [6, 6.07) is 13.0. The average Bonchev–Trinajstić information content (AvgIpc) is 3.29. The highest BCUT2D eigenvalue weighted by Crippen LogP contribution is 2.41. The van der Waals surface area contributed by atoms with E-state index in [9.17, 15) is 10.2 Å². The van der Waals surface area contributed by atoms with Crippen molar-refractivity contribution >= 4 is 11.3 Å². The number of nitrogens with one attached hydrogen (secondary N) is 1. The van der Waals surface area contributed by atoms with Gasteiger partial charge in [0.1, 0.15) is 22.2 Å². The lowest BCUT2D eigenvalue weighted by Gasteiger charge is -2.08. The van der Waals surface area contributed by atoms with Gasteiger partial charge in [0, 0.05) is 22.9 Å². The van der Waals surface area contributed by atoms with Crippen LogP contribution in [-0.2, 0) is 6.42 Å². The van der Waals surface area contributed by atoms with Crippen LogP contribution in [0.25, 0.3) is 32.4 Å². The van der Waals surface area contributed by atoms with E-state index < -0.39 is 0 Å². The molecule has 7 heteroatoms. The van der Waals surface area contributed by atoms with Gasteiger partial charge in [-0.05, 0) is 25.0 Å². The Kier molecular flexibility index (Phi) is 4.37. The van der Waals surface area contributed by atoms with Crippen molar-refractivity contribution in [3.8, 4) is 43.9 Å². The van der Waals surface area contributed by atoms with Gasteiger partial charge in [-0.2, -0.15) is 5.10 Å². The molecule has 0 fully saturated rings. The number of aromatic hydroxyl groups is 2. The van der Waals surface area contributed by atoms with E-state index in [2.05, 4.69) is 20.4 Å². The molecule has 4 aromatic rings. The molecule has 0 radical (unpaired) electrons. The Morgan fingerprint density at radius 3 is 2.48 bits per heavy atom. The summed E-state index contributed by atoms with van der Waals surface area (Å²) in [5.41, 5.74) is 4.54. The minimum atomic E-state index is -0.0229. The maximum absolute atomic E-state index is 10.4. The van der Waals surface area contributed by atoms with E-state index in [0.717, 1.165) is 32.4 Å². The Labute approximate surface area is 160 Å². The lowest BCUT2D eigenvalue weighted by molar-refractivity contribution is 0.447. The second-order valence-corrected chi connectivity index (χ2v) is 7.18. The number of phenols is 2. The fourth-order valence-electron chi connectivity index (χ4n) is 3.00. The summed E-state index contributed by atoms with van der Waals surface area (Å²) in [4.78, 5) is 0. The third-order valence-corrected chi connectivity index (χ3v) is 5.43. The molecule has 6 nitrogen and oxygen atoms in total. The number of aryl methyl sites for hydroxylation is 2. The number of aromatic nitrogens is 4. The van der Waals surface area contributed by atoms with Crippen LogP contribution in [0.5, 0.6) is 11.5 Å². The summed E-state index contributed by atoms with van der Waals surface area (Å²) in [6.07, 6.45) is 0.648. The number of H-pyrrole nitrogens is 1. The van der Waals surface area contributed by atoms with Crippen molar-refractivity contribution in [2.24, 2.45) is 0 Å². The molecule has 0 spiro atoms. The second-order valence-electron chi connectivity index (χ2n) is 6.20. The minimum absolute atomic E-state index is 0.0229. The van der Waals surface area contributed by atoms with E-state index in [-0.39, 0.29) is 11.5 Å². The predicted octanol–water partition coefficient (Wildman–Crippen LogP) is 4.54. The van der Waals surface area contributed by atoms with E-state index in [1.54, 1.807) is 6.07 Å². The number of hydrogen-bond donors (Lipinski definition) is 3. The molecule has 0 bridgehead atoms. The summed E-state index contributed by atoms with van der Waals surface area (Å²) in [5.74, 6) is 0.0556. The van der Waals surface area contributed by atoms with E-state index in [1.165, 1.54) is 17.4 Å². The number of rotatable bonds is 4. The Balaban J connectivity index is 1.84. The van der Waals surface area contributed by atoms with Crippen molar-refractivity contribution < 1.29 is 10.2 Å². The maximum Gasteiger partial charge on any atom is 0.152 e. The summed E-state index contributed by atoms with van der Waals surface area (Å²) in [5, 5.41) is 37.9. The lowest BCUT2D eigenvalue weighted by atomic mass is 10.0. The van der Waals surface area contributed by atoms with Crippen molar-refractivity contribution in [2.75, 3.05) is 0 Å². The van der Waals surface area contributed by atoms with Crippen LogP contribution in [0.2, 0.25) is 0 Å². The van der Waals surface area contributed by atoms with Crippen LogP contribution in [0.1, 0.15) is 18.2 Å². The summed E-state index contributed by atoms with van der Waals surface area (Å²) in [6.45, 7) is 3.86. The van der Waals surface area contributed by atoms with Crippen molar-refractivity contribution in [1.29, 1.82) is 0 Å². The molecule has 0 unspecified atom stereocenters. The number of nitrogens with zero attached hydrogens (tertiary/aromatic N) is 3. The topological polar surface area (TPSA) is 94.9 Å². The lowest BCUT2D eigenvalue weighted by Crippen LogP contribution is -1.89. The van der Waals surface area contributed by atoms with Gasteiger partial charge in [-0.15, -0.1) is 10.2 Å². The van der Waals surface area contributed by atoms with Crippen molar-refractivity contribution in [1.82, 2.24) is 20.4 Å². The molecule has 0 saturated heterocycles. The van der Waals surface area contributed by atoms with Crippen LogP contribution in [0.4, 0.5) is 0 Å². The normalized spacial score (nSPS) is 11.0. The molecule has 27 heavy (non-hydrogen) atoms. The third kappa shape index (κ3) is 3.06. The van der Waals surface area contributed by atoms with Gasteiger partial charge >= 0.3 is 0 Å². The van der Waals surface area contributed by atoms with Gasteiger partial charge in [-0.25, -0.2) is 0 Å². The molecule has 0 aliphatic rings. The van der Waals surface area contributed by atoms with Crippen LogP contribution >= 0.6 is 11.3 Å². The van der Waals surface area contributed by atoms with Gasteiger partial charge in [0.2, 0.25) is 0 Å². The van der Waals surface area contributed by atoms with Gasteiger partial charge in [0.05, 0.1) is 5.56 Å². The predicted molar refractivity (Wildman–Crippen MR) is 106 cm³/mol. The first-order valence-electron chi connectivity index (χ1n) is 8.58. The number of benzene rings is 2. The maximum atomic E-state index is 10.4. The molecule has 2 aromatic carbocycles. The summed E-state index contributed by atoms with van der Waals surface area (Å²) in [7, 11) is 0. The largest absolute Gasteiger partial charge is 0.508 e. The third-order valence-electron chi connectivity index (χ3n) is 4.44. The quantitative estimate of drug-likeness (QED) is 0.484. The van der Waals surface area contributed by atoms with Crippen LogP contribution in [0.3, 0.4) is 0 Å². The number of phenolic OH excluding ortho intramolecular Hbond substituents is 2. The molecule has 2 aromatic heterocycles. The molecule has 3 N–H and O–H groups in total. The molecule has 0 aliphatic heterocycles. The Bertz CT molecular complexity index is 1100. The molecule has 4 rings (SSSR count). The van der Waals surface area contributed by atoms with Gasteiger partial charge < -0.3 is 10.2 Å². The molecule has 136 valence electrons. The van der Waals surface area contributed by atoms with Crippen LogP contribution in [-0.4, -0.2) is 30.6 Å². The highest BCUT2D eigenvalue weighted by atomic mass is 32.1. The second kappa shape index (κ2) is 6.85. The highest BCUT2D eigenvalue weighted by Gasteiger charge is 2.22. The van der Waals surface area contributed by atoms with E-state index in [4.69, 9.17) is 0 Å². The van der Waals surface area contributed by atoms with Crippen molar-refractivity contribution in [3.63, 3.8) is 0 Å². The fourth-order valence-corrected chi connectivity index (χ4v) is 3.95. The summed E-state index contributed by atoms with van der Waals surface area (Å²) >= 11 is 1.47. The SMILES string of the molecule is CCc1cc(-c2n[nH]c(C)c2-c2nnc(-c3ccccc3)s2)c(O)cc1O. The van der Waals surface area contributed by atoms with E-state index >= 15 is 0 Å². The van der Waals surface area contributed by atoms with Gasteiger partial charge in [-0.1, -0.05) is 48.6 Å². The van der Waals surface area contributed by atoms with Gasteiger partial charge in [0.15, 0.2) is 5.01 Å². The smallest absolute Gasteiger partial charge is 0.152 e. The molecular formula is C20H18N4O2S. The Hall–Kier alpha value is -3.19. The minimum Gasteiger partial charge on any atom is -0.508 e. The van der Waals surface area contributed by atoms with Gasteiger partial charge in [-0.3, -0.25) is 5.10 Å². The molecular weight excluding hydrogens is 360 g/mol. The Morgan fingerprint density at radius 1 is 1.00 bits per heavy atom. The molecule has 0 aliphatic carbocycles. The van der Waals surface area contributed by atoms with E-state index in [0.29, 0.717) is 17.7 Å². The summed E-state index contributed by atoms with van der Waals surface area (Å²) < 4.78 is 0. The molecule has 0 amide bonds. The zero-order valence-corrected chi connectivity index (χ0v) is 15.7. The van der Waals surface area contributed by atoms with Gasteiger partial charge in [0.25, 0.3) is 0 Å². The monoisotopic (exact) mass is 378 g/mol. The first kappa shape index (κ1) is 17.2. The Morgan fingerprint density at radius 2 is 1.74 bits per heavy atom. The van der Waals surface area contributed by atoms with Crippen LogP contribution < -0.4 is 0 Å². The fraction of sp³-hybridized carbons (Fsp3) is 0.150. The molecule has 2 heterocycles. The first-order chi connectivity index (χ1) is 13.1. The standard InChI is InChI=1S/C20H18N4O2S/c1-3-12-9-14(16(26)10-15(12)25)18-17(11(2)21-22-18)20-24-23-19(27-20)13-7-5-4-6-8-13/h4-10,25-26H,3H2,1-2H3,(H,21,22). The first-order valence-corrected chi connectivity index (χ1v) is 9.39. The van der Waals surface area contributed by atoms with Crippen molar-refractivity contribution in [2.45, 2.75) is 20.3 Å². The zero-order valence-electron chi connectivity index (χ0n) is 14.9. The van der Waals surface area contributed by atoms with Crippen LogP contribution in [0, 0.1) is 6.92 Å². The highest BCUT2D eigenvalue weighted by molar-refractivity contribution is 7.18. The average molecular weight is 378 g/mol. The van der Waals surface area contributed by atoms with Crippen LogP contribution in [0.15, 0.2) is 42.5 Å². The molecule has 0 saturated carbocycles. The number of aromatic amines is 1. The number of hydrogen-bond acceptors (Lipinski definition) is 6. The zero-order chi connectivity index (χ0) is 19.0. The molecule has 0 atom stereocenters.